The zero-order valence-electron chi connectivity index (χ0n) is 25.2. The lowest BCUT2D eigenvalue weighted by molar-refractivity contribution is 0.0437. The molecule has 1 aliphatic rings. The molecular formula is C34H36FN5O5. The van der Waals surface area contributed by atoms with Crippen LogP contribution in [-0.4, -0.2) is 62.6 Å². The zero-order chi connectivity index (χ0) is 31.9. The number of amides is 2. The Balaban J connectivity index is 1.41. The van der Waals surface area contributed by atoms with Crippen molar-refractivity contribution in [1.82, 2.24) is 20.2 Å². The van der Waals surface area contributed by atoms with Gasteiger partial charge >= 0.3 is 0 Å². The van der Waals surface area contributed by atoms with Crippen LogP contribution in [0, 0.1) is 5.82 Å². The second-order valence-corrected chi connectivity index (χ2v) is 10.8. The smallest absolute Gasteiger partial charge is 0.274 e. The van der Waals surface area contributed by atoms with E-state index in [1.165, 1.54) is 24.3 Å². The van der Waals surface area contributed by atoms with Gasteiger partial charge in [-0.1, -0.05) is 42.5 Å². The number of hydrogen-bond donors (Lipinski definition) is 3. The number of rotatable bonds is 11. The summed E-state index contributed by atoms with van der Waals surface area (Å²) in [6.45, 7) is 6.39. The van der Waals surface area contributed by atoms with E-state index in [1.54, 1.807) is 17.0 Å². The van der Waals surface area contributed by atoms with Crippen molar-refractivity contribution in [3.8, 4) is 11.6 Å². The lowest BCUT2D eigenvalue weighted by Crippen LogP contribution is -2.33. The highest BCUT2D eigenvalue weighted by Gasteiger charge is 2.40. The third-order valence-electron chi connectivity index (χ3n) is 7.86. The van der Waals surface area contributed by atoms with Crippen molar-refractivity contribution in [3.05, 3.63) is 113 Å². The Morgan fingerprint density at radius 3 is 2.31 bits per heavy atom. The van der Waals surface area contributed by atoms with Crippen molar-refractivity contribution < 1.29 is 28.9 Å². The summed E-state index contributed by atoms with van der Waals surface area (Å²) in [6, 6.07) is 21.8. The van der Waals surface area contributed by atoms with Gasteiger partial charge in [0.2, 0.25) is 5.75 Å². The van der Waals surface area contributed by atoms with Crippen LogP contribution >= 0.6 is 0 Å². The van der Waals surface area contributed by atoms with E-state index >= 15 is 0 Å². The molecule has 0 saturated carbocycles. The quantitative estimate of drug-likeness (QED) is 0.216. The first-order chi connectivity index (χ1) is 21.8. The number of carbonyl (C=O) groups excluding carboxylic acids is 2. The normalized spacial score (nSPS) is 16.0. The molecule has 4 aromatic rings. The molecule has 11 heteroatoms. The van der Waals surface area contributed by atoms with Crippen LogP contribution in [0.15, 0.2) is 78.9 Å². The Bertz CT molecular complexity index is 1620. The number of aromatic nitrogens is 2. The van der Waals surface area contributed by atoms with Gasteiger partial charge in [-0.25, -0.2) is 9.37 Å². The maximum absolute atomic E-state index is 13.9. The number of nitrogens with zero attached hydrogens (tertiary/aromatic N) is 4. The maximum Gasteiger partial charge on any atom is 0.274 e. The standard InChI is InChI=1S/C34H36FN5O5/c1-3-39(4-2)26-16-12-24(13-17-26)34(44)40-20-27(45-21-23-8-6-5-7-9-23)18-28(40)31-37-29(30(41)33(43)38-31)32(42)36-19-22-10-14-25(35)15-11-22/h5-17,27-28,41H,3-4,18-21H2,1-2H3,(H,36,42)(H,37,38,43)/t27-,28+/m1/s1. The molecule has 1 aliphatic heterocycles. The number of nitrogens with one attached hydrogen (secondary N) is 1. The fourth-order valence-electron chi connectivity index (χ4n) is 5.38. The lowest BCUT2D eigenvalue weighted by Gasteiger charge is -2.25. The molecule has 2 atom stereocenters. The van der Waals surface area contributed by atoms with E-state index in [4.69, 9.17) is 4.74 Å². The molecule has 3 aromatic carbocycles. The van der Waals surface area contributed by atoms with Crippen LogP contribution in [0.25, 0.3) is 0 Å². The molecule has 2 amide bonds. The van der Waals surface area contributed by atoms with E-state index in [0.29, 0.717) is 24.2 Å². The molecule has 0 unspecified atom stereocenters. The van der Waals surface area contributed by atoms with Crippen LogP contribution in [0.1, 0.15) is 64.1 Å². The van der Waals surface area contributed by atoms with Gasteiger partial charge in [0, 0.05) is 43.9 Å². The highest BCUT2D eigenvalue weighted by molar-refractivity contribution is 5.96. The summed E-state index contributed by atoms with van der Waals surface area (Å²) in [5.74, 6) is -3.02. The maximum atomic E-state index is 13.9. The van der Waals surface area contributed by atoms with E-state index in [-0.39, 0.29) is 30.9 Å². The Hall–Kier alpha value is -5.03. The van der Waals surface area contributed by atoms with Crippen molar-refractivity contribution in [1.29, 1.82) is 0 Å². The summed E-state index contributed by atoms with van der Waals surface area (Å²) >= 11 is 0. The predicted octanol–water partition coefficient (Wildman–Crippen LogP) is 4.98. The fourth-order valence-corrected chi connectivity index (χ4v) is 5.38. The van der Waals surface area contributed by atoms with E-state index in [9.17, 15) is 24.2 Å². The van der Waals surface area contributed by atoms with Gasteiger partial charge in [-0.2, -0.15) is 4.98 Å². The summed E-state index contributed by atoms with van der Waals surface area (Å²) in [7, 11) is 0. The van der Waals surface area contributed by atoms with Crippen LogP contribution in [0.3, 0.4) is 0 Å². The van der Waals surface area contributed by atoms with Crippen molar-refractivity contribution >= 4 is 17.5 Å². The highest BCUT2D eigenvalue weighted by Crippen LogP contribution is 2.36. The molecule has 0 radical (unpaired) electrons. The van der Waals surface area contributed by atoms with Gasteiger partial charge in [-0.05, 0) is 61.4 Å². The molecule has 1 saturated heterocycles. The Morgan fingerprint density at radius 1 is 0.956 bits per heavy atom. The highest BCUT2D eigenvalue weighted by atomic mass is 19.1. The molecule has 1 aromatic heterocycles. The van der Waals surface area contributed by atoms with Crippen molar-refractivity contribution in [2.75, 3.05) is 24.5 Å². The Kier molecular flexibility index (Phi) is 9.89. The summed E-state index contributed by atoms with van der Waals surface area (Å²) < 4.78 is 19.5. The number of ether oxygens (including phenoxy) is 1. The SMILES string of the molecule is CCN(CC)c1ccc(C(=O)N2C[C@H](OCc3ccccc3)C[C@H]2c2nc(O)c(O)c(C(=O)NCc3ccc(F)cc3)n2)cc1. The summed E-state index contributed by atoms with van der Waals surface area (Å²) in [5, 5.41) is 23.7. The van der Waals surface area contributed by atoms with Crippen molar-refractivity contribution in [3.63, 3.8) is 0 Å². The molecule has 234 valence electrons. The average molecular weight is 614 g/mol. The van der Waals surface area contributed by atoms with Crippen LogP contribution in [0.5, 0.6) is 11.6 Å². The third-order valence-corrected chi connectivity index (χ3v) is 7.86. The van der Waals surface area contributed by atoms with E-state index in [1.807, 2.05) is 42.5 Å². The van der Waals surface area contributed by atoms with Gasteiger partial charge in [0.05, 0.1) is 18.8 Å². The van der Waals surface area contributed by atoms with Crippen LogP contribution in [-0.2, 0) is 17.9 Å². The summed E-state index contributed by atoms with van der Waals surface area (Å²) in [5.41, 5.74) is 2.62. The average Bonchev–Trinajstić information content (AvgIpc) is 3.50. The van der Waals surface area contributed by atoms with E-state index < -0.39 is 35.1 Å². The minimum Gasteiger partial charge on any atom is -0.501 e. The molecule has 3 N–H and O–H groups in total. The largest absolute Gasteiger partial charge is 0.501 e. The molecule has 0 bridgehead atoms. The first kappa shape index (κ1) is 31.4. The Labute approximate surface area is 261 Å². The number of carbonyl (C=O) groups is 2. The van der Waals surface area contributed by atoms with Crippen molar-refractivity contribution in [2.24, 2.45) is 0 Å². The van der Waals surface area contributed by atoms with Gasteiger partial charge in [0.25, 0.3) is 17.7 Å². The minimum atomic E-state index is -0.782. The van der Waals surface area contributed by atoms with Crippen LogP contribution in [0.4, 0.5) is 10.1 Å². The third kappa shape index (κ3) is 7.38. The van der Waals surface area contributed by atoms with Gasteiger partial charge in [0.1, 0.15) is 5.82 Å². The minimum absolute atomic E-state index is 0.00356. The predicted molar refractivity (Wildman–Crippen MR) is 166 cm³/mol. The molecule has 0 spiro atoms. The van der Waals surface area contributed by atoms with Crippen LogP contribution in [0.2, 0.25) is 0 Å². The number of aromatic hydroxyl groups is 2. The molecule has 2 heterocycles. The summed E-state index contributed by atoms with van der Waals surface area (Å²) in [4.78, 5) is 39.1. The number of anilines is 1. The number of hydrogen-bond acceptors (Lipinski definition) is 8. The first-order valence-corrected chi connectivity index (χ1v) is 14.9. The second-order valence-electron chi connectivity index (χ2n) is 10.8. The fraction of sp³-hybridized carbons (Fsp3) is 0.294. The van der Waals surface area contributed by atoms with E-state index in [2.05, 4.69) is 34.0 Å². The number of benzene rings is 3. The molecule has 0 aliphatic carbocycles. The molecule has 1 fully saturated rings. The lowest BCUT2D eigenvalue weighted by atomic mass is 10.1. The van der Waals surface area contributed by atoms with Crippen molar-refractivity contribution in [2.45, 2.75) is 45.6 Å². The molecular weight excluding hydrogens is 577 g/mol. The topological polar surface area (TPSA) is 128 Å². The monoisotopic (exact) mass is 613 g/mol. The number of likely N-dealkylation sites (tertiary alicyclic amines) is 1. The molecule has 5 rings (SSSR count). The van der Waals surface area contributed by atoms with Gasteiger partial charge < -0.3 is 30.1 Å². The van der Waals surface area contributed by atoms with Gasteiger partial charge in [0.15, 0.2) is 11.5 Å². The summed E-state index contributed by atoms with van der Waals surface area (Å²) in [6.07, 6.45) is -0.0823. The van der Waals surface area contributed by atoms with Gasteiger partial charge in [-0.15, -0.1) is 0 Å². The Morgan fingerprint density at radius 2 is 1.64 bits per heavy atom. The first-order valence-electron chi connectivity index (χ1n) is 14.9. The van der Waals surface area contributed by atoms with E-state index in [0.717, 1.165) is 24.3 Å². The zero-order valence-corrected chi connectivity index (χ0v) is 25.2. The molecule has 10 nitrogen and oxygen atoms in total. The number of halogens is 1. The van der Waals surface area contributed by atoms with Gasteiger partial charge in [-0.3, -0.25) is 9.59 Å². The van der Waals surface area contributed by atoms with Crippen LogP contribution < -0.4 is 10.2 Å². The second kappa shape index (κ2) is 14.2. The molecule has 45 heavy (non-hydrogen) atoms.